The fourth-order valence-corrected chi connectivity index (χ4v) is 2.13. The first kappa shape index (κ1) is 13.8. The normalized spacial score (nSPS) is 11.4. The van der Waals surface area contributed by atoms with Crippen LogP contribution in [0.3, 0.4) is 0 Å². The smallest absolute Gasteiger partial charge is 0.255 e. The molecule has 0 spiro atoms. The molecule has 2 aromatic carbocycles. The van der Waals surface area contributed by atoms with Gasteiger partial charge in [0.05, 0.1) is 5.92 Å². The van der Waals surface area contributed by atoms with Crippen LogP contribution in [0.2, 0.25) is 0 Å². The van der Waals surface area contributed by atoms with Crippen LogP contribution in [0.4, 0.5) is 5.69 Å². The van der Waals surface area contributed by atoms with Crippen LogP contribution in [0.25, 0.3) is 0 Å². The number of hydrogen-bond donors (Lipinski definition) is 3. The van der Waals surface area contributed by atoms with Gasteiger partial charge in [-0.2, -0.15) is 0 Å². The van der Waals surface area contributed by atoms with Gasteiger partial charge in [-0.3, -0.25) is 14.8 Å². The van der Waals surface area contributed by atoms with E-state index in [0.717, 1.165) is 5.56 Å². The van der Waals surface area contributed by atoms with Crippen molar-refractivity contribution in [3.63, 3.8) is 0 Å². The van der Waals surface area contributed by atoms with E-state index in [-0.39, 0.29) is 0 Å². The van der Waals surface area contributed by atoms with Gasteiger partial charge < -0.3 is 5.32 Å². The van der Waals surface area contributed by atoms with Crippen molar-refractivity contribution < 1.29 is 14.8 Å². The monoisotopic (exact) mass is 270 g/mol. The van der Waals surface area contributed by atoms with Crippen molar-refractivity contribution in [2.24, 2.45) is 0 Å². The largest absolute Gasteiger partial charge is 0.328 e. The zero-order valence-corrected chi connectivity index (χ0v) is 10.6. The zero-order valence-electron chi connectivity index (χ0n) is 10.6. The molecule has 2 aromatic rings. The first-order valence-electron chi connectivity index (χ1n) is 6.06. The van der Waals surface area contributed by atoms with Crippen molar-refractivity contribution >= 4 is 18.0 Å². The second kappa shape index (κ2) is 6.49. The molecule has 0 aromatic heterocycles. The Morgan fingerprint density at radius 2 is 1.70 bits per heavy atom. The molecule has 0 saturated heterocycles. The summed E-state index contributed by atoms with van der Waals surface area (Å²) in [6, 6.07) is 16.0. The maximum Gasteiger partial charge on any atom is 0.255 e. The molecule has 3 N–H and O–H groups in total. The summed E-state index contributed by atoms with van der Waals surface area (Å²) in [7, 11) is 0. The number of hydrogen-bond acceptors (Lipinski definition) is 3. The SMILES string of the molecule is O=CNc1ccccc1C(C(=O)NO)c1ccccc1. The summed E-state index contributed by atoms with van der Waals surface area (Å²) in [6.07, 6.45) is 0.553. The van der Waals surface area contributed by atoms with Gasteiger partial charge in [-0.1, -0.05) is 48.5 Å². The maximum atomic E-state index is 12.0. The van der Waals surface area contributed by atoms with Gasteiger partial charge in [-0.15, -0.1) is 0 Å². The molecular weight excluding hydrogens is 256 g/mol. The quantitative estimate of drug-likeness (QED) is 0.441. The summed E-state index contributed by atoms with van der Waals surface area (Å²) in [6.45, 7) is 0. The highest BCUT2D eigenvalue weighted by atomic mass is 16.5. The highest BCUT2D eigenvalue weighted by molar-refractivity contribution is 5.89. The van der Waals surface area contributed by atoms with Crippen LogP contribution in [0.1, 0.15) is 17.0 Å². The fraction of sp³-hybridized carbons (Fsp3) is 0.0667. The Balaban J connectivity index is 2.52. The molecule has 1 atom stereocenters. The summed E-state index contributed by atoms with van der Waals surface area (Å²) in [4.78, 5) is 22.7. The molecular formula is C15H14N2O3. The predicted molar refractivity (Wildman–Crippen MR) is 74.3 cm³/mol. The van der Waals surface area contributed by atoms with Crippen molar-refractivity contribution in [2.45, 2.75) is 5.92 Å². The Hall–Kier alpha value is -2.66. The lowest BCUT2D eigenvalue weighted by molar-refractivity contribution is -0.129. The molecule has 2 rings (SSSR count). The minimum Gasteiger partial charge on any atom is -0.328 e. The zero-order chi connectivity index (χ0) is 14.4. The molecule has 0 aliphatic carbocycles. The molecule has 20 heavy (non-hydrogen) atoms. The van der Waals surface area contributed by atoms with E-state index in [1.54, 1.807) is 41.9 Å². The van der Waals surface area contributed by atoms with Crippen LogP contribution in [-0.4, -0.2) is 17.5 Å². The standard InChI is InChI=1S/C15H14N2O3/c18-10-16-13-9-5-4-8-12(13)14(15(19)17-20)11-6-2-1-3-7-11/h1-10,14,20H,(H,16,18)(H,17,19). The summed E-state index contributed by atoms with van der Waals surface area (Å²) in [5, 5.41) is 11.5. The first-order chi connectivity index (χ1) is 9.77. The number of rotatable bonds is 5. The lowest BCUT2D eigenvalue weighted by Gasteiger charge is -2.18. The predicted octanol–water partition coefficient (Wildman–Crippen LogP) is 1.89. The first-order valence-corrected chi connectivity index (χ1v) is 6.06. The topological polar surface area (TPSA) is 78.4 Å². The summed E-state index contributed by atoms with van der Waals surface area (Å²) in [5.74, 6) is -1.26. The van der Waals surface area contributed by atoms with Crippen LogP contribution >= 0.6 is 0 Å². The Morgan fingerprint density at radius 1 is 1.05 bits per heavy atom. The molecule has 0 aliphatic heterocycles. The molecule has 0 radical (unpaired) electrons. The van der Waals surface area contributed by atoms with Gasteiger partial charge in [0.1, 0.15) is 0 Å². The van der Waals surface area contributed by atoms with Crippen LogP contribution in [-0.2, 0) is 9.59 Å². The van der Waals surface area contributed by atoms with Gasteiger partial charge in [0.25, 0.3) is 5.91 Å². The van der Waals surface area contributed by atoms with E-state index in [1.165, 1.54) is 0 Å². The third kappa shape index (κ3) is 2.84. The molecule has 0 heterocycles. The van der Waals surface area contributed by atoms with E-state index < -0.39 is 11.8 Å². The van der Waals surface area contributed by atoms with Crippen LogP contribution in [0.5, 0.6) is 0 Å². The van der Waals surface area contributed by atoms with Gasteiger partial charge in [0, 0.05) is 5.69 Å². The summed E-state index contributed by atoms with van der Waals surface area (Å²) >= 11 is 0. The van der Waals surface area contributed by atoms with Crippen molar-refractivity contribution in [1.82, 2.24) is 5.48 Å². The van der Waals surface area contributed by atoms with E-state index in [0.29, 0.717) is 17.7 Å². The molecule has 5 nitrogen and oxygen atoms in total. The Morgan fingerprint density at radius 3 is 2.35 bits per heavy atom. The lowest BCUT2D eigenvalue weighted by Crippen LogP contribution is -2.27. The van der Waals surface area contributed by atoms with Crippen molar-refractivity contribution in [3.8, 4) is 0 Å². The van der Waals surface area contributed by atoms with Crippen LogP contribution < -0.4 is 10.8 Å². The van der Waals surface area contributed by atoms with Crippen molar-refractivity contribution in [2.75, 3.05) is 5.32 Å². The minimum absolute atomic E-state index is 0.528. The molecule has 0 bridgehead atoms. The minimum atomic E-state index is -0.704. The lowest BCUT2D eigenvalue weighted by atomic mass is 9.89. The average Bonchev–Trinajstić information content (AvgIpc) is 2.50. The van der Waals surface area contributed by atoms with Crippen molar-refractivity contribution in [1.29, 1.82) is 0 Å². The number of anilines is 1. The van der Waals surface area contributed by atoms with Gasteiger partial charge in [0.2, 0.25) is 6.41 Å². The Labute approximate surface area is 116 Å². The number of carbonyl (C=O) groups excluding carboxylic acids is 2. The fourth-order valence-electron chi connectivity index (χ4n) is 2.13. The molecule has 1 unspecified atom stereocenters. The van der Waals surface area contributed by atoms with E-state index in [9.17, 15) is 9.59 Å². The van der Waals surface area contributed by atoms with E-state index in [2.05, 4.69) is 5.32 Å². The number of para-hydroxylation sites is 1. The van der Waals surface area contributed by atoms with Gasteiger partial charge >= 0.3 is 0 Å². The molecule has 0 saturated carbocycles. The number of nitrogens with one attached hydrogen (secondary N) is 2. The third-order valence-electron chi connectivity index (χ3n) is 2.99. The molecule has 2 amide bonds. The average molecular weight is 270 g/mol. The van der Waals surface area contributed by atoms with Crippen LogP contribution in [0.15, 0.2) is 54.6 Å². The number of carbonyl (C=O) groups is 2. The Bertz CT molecular complexity index is 599. The molecule has 102 valence electrons. The van der Waals surface area contributed by atoms with Crippen LogP contribution in [0, 0.1) is 0 Å². The Kier molecular flexibility index (Phi) is 4.47. The molecule has 0 fully saturated rings. The van der Waals surface area contributed by atoms with E-state index >= 15 is 0 Å². The number of amides is 2. The second-order valence-corrected chi connectivity index (χ2v) is 4.17. The van der Waals surface area contributed by atoms with Gasteiger partial charge in [0.15, 0.2) is 0 Å². The summed E-state index contributed by atoms with van der Waals surface area (Å²) in [5.41, 5.74) is 3.53. The number of hydroxylamine groups is 1. The van der Waals surface area contributed by atoms with Crippen molar-refractivity contribution in [3.05, 3.63) is 65.7 Å². The number of benzene rings is 2. The van der Waals surface area contributed by atoms with E-state index in [4.69, 9.17) is 5.21 Å². The van der Waals surface area contributed by atoms with Gasteiger partial charge in [-0.25, -0.2) is 5.48 Å². The summed E-state index contributed by atoms with van der Waals surface area (Å²) < 4.78 is 0. The maximum absolute atomic E-state index is 12.0. The van der Waals surface area contributed by atoms with Gasteiger partial charge in [-0.05, 0) is 17.2 Å². The highest BCUT2D eigenvalue weighted by Crippen LogP contribution is 2.30. The molecule has 5 heteroatoms. The second-order valence-electron chi connectivity index (χ2n) is 4.17. The third-order valence-corrected chi connectivity index (χ3v) is 2.99. The molecule has 0 aliphatic rings. The van der Waals surface area contributed by atoms with E-state index in [1.807, 2.05) is 18.2 Å². The highest BCUT2D eigenvalue weighted by Gasteiger charge is 2.24.